The lowest BCUT2D eigenvalue weighted by Gasteiger charge is -2.34. The fourth-order valence-electron chi connectivity index (χ4n) is 3.49. The van der Waals surface area contributed by atoms with E-state index < -0.39 is 0 Å². The maximum absolute atomic E-state index is 12.6. The third-order valence-electron chi connectivity index (χ3n) is 4.51. The van der Waals surface area contributed by atoms with Crippen LogP contribution in [0.1, 0.15) is 20.3 Å². The number of amides is 1. The summed E-state index contributed by atoms with van der Waals surface area (Å²) in [6, 6.07) is 3.80. The van der Waals surface area contributed by atoms with Gasteiger partial charge in [0, 0.05) is 37.6 Å². The van der Waals surface area contributed by atoms with Crippen molar-refractivity contribution in [2.45, 2.75) is 32.0 Å². The molecule has 1 saturated heterocycles. The molecule has 0 N–H and O–H groups in total. The van der Waals surface area contributed by atoms with E-state index in [1.807, 2.05) is 27.7 Å². The third-order valence-corrected chi connectivity index (χ3v) is 5.46. The number of rotatable bonds is 6. The SMILES string of the molecule is C=CCn1c(SCC(=O)N2CC(C)CC(C)C2)nnc1-c1ccncc1. The zero-order chi connectivity index (χ0) is 18.5. The molecule has 2 atom stereocenters. The summed E-state index contributed by atoms with van der Waals surface area (Å²) in [5, 5.41) is 9.35. The van der Waals surface area contributed by atoms with E-state index in [9.17, 15) is 4.79 Å². The first-order valence-corrected chi connectivity index (χ1v) is 9.92. The van der Waals surface area contributed by atoms with Crippen LogP contribution in [0.4, 0.5) is 0 Å². The van der Waals surface area contributed by atoms with E-state index >= 15 is 0 Å². The van der Waals surface area contributed by atoms with Crippen LogP contribution in [0.25, 0.3) is 11.4 Å². The molecule has 0 aromatic carbocycles. The third kappa shape index (κ3) is 4.33. The molecule has 1 aliphatic heterocycles. The number of carbonyl (C=O) groups is 1. The molecule has 2 unspecified atom stereocenters. The van der Waals surface area contributed by atoms with Crippen molar-refractivity contribution in [1.82, 2.24) is 24.6 Å². The van der Waals surface area contributed by atoms with Crippen molar-refractivity contribution in [1.29, 1.82) is 0 Å². The molecule has 0 aliphatic carbocycles. The van der Waals surface area contributed by atoms with Gasteiger partial charge in [-0.3, -0.25) is 14.3 Å². The smallest absolute Gasteiger partial charge is 0.233 e. The van der Waals surface area contributed by atoms with Gasteiger partial charge in [0.15, 0.2) is 11.0 Å². The van der Waals surface area contributed by atoms with Crippen molar-refractivity contribution in [2.24, 2.45) is 11.8 Å². The number of hydrogen-bond donors (Lipinski definition) is 0. The number of aromatic nitrogens is 4. The second-order valence-electron chi connectivity index (χ2n) is 6.97. The Morgan fingerprint density at radius 2 is 1.96 bits per heavy atom. The van der Waals surface area contributed by atoms with Crippen LogP contribution in [0.3, 0.4) is 0 Å². The Bertz CT molecular complexity index is 751. The fourth-order valence-corrected chi connectivity index (χ4v) is 4.34. The topological polar surface area (TPSA) is 63.9 Å². The van der Waals surface area contributed by atoms with Crippen LogP contribution in [0.5, 0.6) is 0 Å². The summed E-state index contributed by atoms with van der Waals surface area (Å²) in [5.41, 5.74) is 0.950. The maximum atomic E-state index is 12.6. The molecule has 6 nitrogen and oxygen atoms in total. The van der Waals surface area contributed by atoms with Gasteiger partial charge in [0.2, 0.25) is 5.91 Å². The second-order valence-corrected chi connectivity index (χ2v) is 7.92. The van der Waals surface area contributed by atoms with Crippen molar-refractivity contribution in [3.05, 3.63) is 37.2 Å². The lowest BCUT2D eigenvalue weighted by Crippen LogP contribution is -2.43. The van der Waals surface area contributed by atoms with Crippen molar-refractivity contribution >= 4 is 17.7 Å². The highest BCUT2D eigenvalue weighted by Gasteiger charge is 2.25. The molecule has 2 aromatic rings. The van der Waals surface area contributed by atoms with Gasteiger partial charge in [0.25, 0.3) is 0 Å². The van der Waals surface area contributed by atoms with Crippen molar-refractivity contribution in [2.75, 3.05) is 18.8 Å². The first-order valence-electron chi connectivity index (χ1n) is 8.93. The van der Waals surface area contributed by atoms with E-state index in [0.29, 0.717) is 24.1 Å². The minimum absolute atomic E-state index is 0.173. The van der Waals surface area contributed by atoms with Gasteiger partial charge < -0.3 is 4.90 Å². The number of carbonyl (C=O) groups excluding carboxylic acids is 1. The molecular formula is C19H25N5OS. The highest BCUT2D eigenvalue weighted by molar-refractivity contribution is 7.99. The maximum Gasteiger partial charge on any atom is 0.233 e. The Kier molecular flexibility index (Phi) is 6.08. The summed E-state index contributed by atoms with van der Waals surface area (Å²) in [5.74, 6) is 2.45. The number of nitrogens with zero attached hydrogens (tertiary/aromatic N) is 5. The Labute approximate surface area is 158 Å². The molecular weight excluding hydrogens is 346 g/mol. The molecule has 26 heavy (non-hydrogen) atoms. The lowest BCUT2D eigenvalue weighted by molar-refractivity contribution is -0.130. The summed E-state index contributed by atoms with van der Waals surface area (Å²) in [6.45, 7) is 10.6. The number of thioether (sulfide) groups is 1. The van der Waals surface area contributed by atoms with Crippen LogP contribution in [-0.4, -0.2) is 49.4 Å². The highest BCUT2D eigenvalue weighted by atomic mass is 32.2. The van der Waals surface area contributed by atoms with Gasteiger partial charge in [-0.25, -0.2) is 0 Å². The molecule has 1 fully saturated rings. The van der Waals surface area contributed by atoms with Crippen LogP contribution in [0.15, 0.2) is 42.3 Å². The first-order chi connectivity index (χ1) is 12.6. The Morgan fingerprint density at radius 3 is 2.62 bits per heavy atom. The van der Waals surface area contributed by atoms with Crippen molar-refractivity contribution in [3.8, 4) is 11.4 Å². The van der Waals surface area contributed by atoms with Gasteiger partial charge in [-0.2, -0.15) is 0 Å². The zero-order valence-corrected chi connectivity index (χ0v) is 16.2. The van der Waals surface area contributed by atoms with E-state index in [0.717, 1.165) is 29.6 Å². The van der Waals surface area contributed by atoms with Gasteiger partial charge in [-0.15, -0.1) is 16.8 Å². The van der Waals surface area contributed by atoms with Gasteiger partial charge in [-0.05, 0) is 30.4 Å². The van der Waals surface area contributed by atoms with Gasteiger partial charge >= 0.3 is 0 Å². The highest BCUT2D eigenvalue weighted by Crippen LogP contribution is 2.25. The Morgan fingerprint density at radius 1 is 1.27 bits per heavy atom. The molecule has 2 aromatic heterocycles. The Balaban J connectivity index is 1.71. The summed E-state index contributed by atoms with van der Waals surface area (Å²) >= 11 is 1.44. The van der Waals surface area contributed by atoms with Crippen molar-refractivity contribution < 1.29 is 4.79 Å². The standard InChI is InChI=1S/C19H25N5OS/c1-4-9-24-18(16-5-7-20-8-6-16)21-22-19(24)26-13-17(25)23-11-14(2)10-15(3)12-23/h4-8,14-15H,1,9-13H2,2-3H3. The Hall–Kier alpha value is -2.15. The quantitative estimate of drug-likeness (QED) is 0.577. The second kappa shape index (κ2) is 8.49. The number of allylic oxidation sites excluding steroid dienone is 1. The minimum atomic E-state index is 0.173. The van der Waals surface area contributed by atoms with Crippen LogP contribution in [0.2, 0.25) is 0 Å². The van der Waals surface area contributed by atoms with E-state index in [1.54, 1.807) is 12.4 Å². The molecule has 3 heterocycles. The van der Waals surface area contributed by atoms with Crippen molar-refractivity contribution in [3.63, 3.8) is 0 Å². The average Bonchev–Trinajstić information content (AvgIpc) is 3.02. The molecule has 7 heteroatoms. The molecule has 0 spiro atoms. The monoisotopic (exact) mass is 371 g/mol. The first kappa shape index (κ1) is 18.6. The van der Waals surface area contributed by atoms with E-state index in [-0.39, 0.29) is 5.91 Å². The molecule has 0 saturated carbocycles. The molecule has 1 aliphatic rings. The van der Waals surface area contributed by atoms with Crippen LogP contribution < -0.4 is 0 Å². The van der Waals surface area contributed by atoms with E-state index in [4.69, 9.17) is 0 Å². The van der Waals surface area contributed by atoms with Gasteiger partial charge in [-0.1, -0.05) is 31.7 Å². The van der Waals surface area contributed by atoms with Crippen LogP contribution in [0, 0.1) is 11.8 Å². The summed E-state index contributed by atoms with van der Waals surface area (Å²) in [4.78, 5) is 18.7. The van der Waals surface area contributed by atoms with Crippen LogP contribution >= 0.6 is 11.8 Å². The fraction of sp³-hybridized carbons (Fsp3) is 0.474. The molecule has 1 amide bonds. The number of piperidine rings is 1. The van der Waals surface area contributed by atoms with Crippen LogP contribution in [-0.2, 0) is 11.3 Å². The normalized spacial score (nSPS) is 20.2. The molecule has 138 valence electrons. The predicted molar refractivity (Wildman–Crippen MR) is 104 cm³/mol. The summed E-state index contributed by atoms with van der Waals surface area (Å²) < 4.78 is 1.99. The van der Waals surface area contributed by atoms with E-state index in [1.165, 1.54) is 18.2 Å². The van der Waals surface area contributed by atoms with Gasteiger partial charge in [0.1, 0.15) is 0 Å². The predicted octanol–water partition coefficient (Wildman–Crippen LogP) is 3.12. The summed E-state index contributed by atoms with van der Waals surface area (Å²) in [6.07, 6.45) is 6.47. The van der Waals surface area contributed by atoms with E-state index in [2.05, 4.69) is 35.6 Å². The number of pyridine rings is 1. The minimum Gasteiger partial charge on any atom is -0.341 e. The lowest BCUT2D eigenvalue weighted by atomic mass is 9.92. The number of likely N-dealkylation sites (tertiary alicyclic amines) is 1. The average molecular weight is 372 g/mol. The van der Waals surface area contributed by atoms with Gasteiger partial charge in [0.05, 0.1) is 5.75 Å². The summed E-state index contributed by atoms with van der Waals surface area (Å²) in [7, 11) is 0. The number of hydrogen-bond acceptors (Lipinski definition) is 5. The zero-order valence-electron chi connectivity index (χ0n) is 15.3. The largest absolute Gasteiger partial charge is 0.341 e. The molecule has 3 rings (SSSR count). The molecule has 0 bridgehead atoms. The molecule has 0 radical (unpaired) electrons.